The van der Waals surface area contributed by atoms with Crippen molar-refractivity contribution in [2.24, 2.45) is 5.92 Å². The van der Waals surface area contributed by atoms with E-state index in [1.165, 1.54) is 5.56 Å². The third-order valence-corrected chi connectivity index (χ3v) is 3.08. The van der Waals surface area contributed by atoms with Gasteiger partial charge in [-0.3, -0.25) is 4.90 Å². The Hall–Kier alpha value is -1.53. The van der Waals surface area contributed by atoms with Gasteiger partial charge in [0.2, 0.25) is 0 Å². The molecule has 0 aliphatic carbocycles. The summed E-state index contributed by atoms with van der Waals surface area (Å²) in [6, 6.07) is 10.6. The molecule has 0 aliphatic rings. The Morgan fingerprint density at radius 1 is 1.22 bits per heavy atom. The molecule has 0 aromatic heterocycles. The molecule has 0 heterocycles. The Balaban J connectivity index is 2.77. The molecule has 0 radical (unpaired) electrons. The molecule has 98 valence electrons. The molecule has 0 fully saturated rings. The van der Waals surface area contributed by atoms with Crippen LogP contribution >= 0.6 is 0 Å². The van der Waals surface area contributed by atoms with Gasteiger partial charge in [0, 0.05) is 31.2 Å². The quantitative estimate of drug-likeness (QED) is 0.783. The van der Waals surface area contributed by atoms with Crippen molar-refractivity contribution in [1.82, 2.24) is 4.90 Å². The summed E-state index contributed by atoms with van der Waals surface area (Å²) in [6.45, 7) is 8.42. The van der Waals surface area contributed by atoms with Crippen molar-refractivity contribution < 1.29 is 0 Å². The first-order chi connectivity index (χ1) is 8.54. The Morgan fingerprint density at radius 2 is 1.83 bits per heavy atom. The van der Waals surface area contributed by atoms with Gasteiger partial charge in [-0.1, -0.05) is 26.0 Å². The molecule has 0 aliphatic heterocycles. The number of hydrogen-bond donors (Lipinski definition) is 1. The number of rotatable bonds is 6. The molecule has 0 saturated heterocycles. The summed E-state index contributed by atoms with van der Waals surface area (Å²) in [6.07, 6.45) is 0.575. The molecule has 1 aromatic rings. The van der Waals surface area contributed by atoms with E-state index in [0.29, 0.717) is 18.4 Å². The minimum Gasteiger partial charge on any atom is -0.399 e. The number of nitriles is 1. The van der Waals surface area contributed by atoms with Crippen LogP contribution in [0.3, 0.4) is 0 Å². The van der Waals surface area contributed by atoms with E-state index < -0.39 is 0 Å². The highest BCUT2D eigenvalue weighted by molar-refractivity contribution is 5.40. The zero-order valence-electron chi connectivity index (χ0n) is 11.6. The maximum atomic E-state index is 8.74. The van der Waals surface area contributed by atoms with Crippen LogP contribution < -0.4 is 5.73 Å². The van der Waals surface area contributed by atoms with Crippen molar-refractivity contribution >= 4 is 5.69 Å². The lowest BCUT2D eigenvalue weighted by Crippen LogP contribution is -2.31. The van der Waals surface area contributed by atoms with Crippen LogP contribution in [0.25, 0.3) is 0 Å². The molecule has 0 spiro atoms. The minimum atomic E-state index is 0.321. The molecule has 2 N–H and O–H groups in total. The number of nitrogens with two attached hydrogens (primary N) is 1. The van der Waals surface area contributed by atoms with Crippen LogP contribution in [0.1, 0.15) is 38.8 Å². The normalized spacial score (nSPS) is 12.7. The van der Waals surface area contributed by atoms with E-state index in [-0.39, 0.29) is 0 Å². The van der Waals surface area contributed by atoms with Crippen molar-refractivity contribution in [1.29, 1.82) is 5.26 Å². The van der Waals surface area contributed by atoms with Gasteiger partial charge in [0.05, 0.1) is 6.07 Å². The van der Waals surface area contributed by atoms with Gasteiger partial charge >= 0.3 is 0 Å². The fraction of sp³-hybridized carbons (Fsp3) is 0.533. The van der Waals surface area contributed by atoms with E-state index in [1.54, 1.807) is 0 Å². The summed E-state index contributed by atoms with van der Waals surface area (Å²) < 4.78 is 0. The van der Waals surface area contributed by atoms with E-state index in [4.69, 9.17) is 11.0 Å². The van der Waals surface area contributed by atoms with Crippen molar-refractivity contribution in [3.8, 4) is 6.07 Å². The first-order valence-corrected chi connectivity index (χ1v) is 6.51. The van der Waals surface area contributed by atoms with Crippen LogP contribution in [0.15, 0.2) is 24.3 Å². The van der Waals surface area contributed by atoms with Gasteiger partial charge in [0.25, 0.3) is 0 Å². The van der Waals surface area contributed by atoms with Crippen LogP contribution in [-0.2, 0) is 0 Å². The highest BCUT2D eigenvalue weighted by Crippen LogP contribution is 2.22. The molecule has 0 amide bonds. The van der Waals surface area contributed by atoms with Gasteiger partial charge in [-0.2, -0.15) is 5.26 Å². The summed E-state index contributed by atoms with van der Waals surface area (Å²) in [5, 5.41) is 8.74. The van der Waals surface area contributed by atoms with Crippen LogP contribution in [0.4, 0.5) is 5.69 Å². The Bertz CT molecular complexity index is 389. The third kappa shape index (κ3) is 4.38. The lowest BCUT2D eigenvalue weighted by atomic mass is 10.0. The predicted molar refractivity (Wildman–Crippen MR) is 75.9 cm³/mol. The summed E-state index contributed by atoms with van der Waals surface area (Å²) in [7, 11) is 0. The fourth-order valence-electron chi connectivity index (χ4n) is 2.09. The first kappa shape index (κ1) is 14.5. The van der Waals surface area contributed by atoms with Crippen molar-refractivity contribution in [3.05, 3.63) is 29.8 Å². The summed E-state index contributed by atoms with van der Waals surface area (Å²) in [5.41, 5.74) is 7.75. The summed E-state index contributed by atoms with van der Waals surface area (Å²) >= 11 is 0. The van der Waals surface area contributed by atoms with E-state index in [0.717, 1.165) is 18.8 Å². The number of hydrogen-bond acceptors (Lipinski definition) is 3. The molecule has 1 unspecified atom stereocenters. The lowest BCUT2D eigenvalue weighted by molar-refractivity contribution is 0.191. The minimum absolute atomic E-state index is 0.321. The van der Waals surface area contributed by atoms with E-state index in [1.807, 2.05) is 12.1 Å². The predicted octanol–water partition coefficient (Wildman–Crippen LogP) is 3.20. The zero-order valence-corrected chi connectivity index (χ0v) is 11.6. The number of nitrogen functional groups attached to an aromatic ring is 1. The Morgan fingerprint density at radius 3 is 2.33 bits per heavy atom. The molecular formula is C15H23N3. The maximum Gasteiger partial charge on any atom is 0.0635 e. The second-order valence-corrected chi connectivity index (χ2v) is 5.14. The van der Waals surface area contributed by atoms with Gasteiger partial charge in [0.15, 0.2) is 0 Å². The molecule has 0 saturated carbocycles. The largest absolute Gasteiger partial charge is 0.399 e. The Kier molecular flexibility index (Phi) is 5.67. The van der Waals surface area contributed by atoms with Crippen molar-refractivity contribution in [2.45, 2.75) is 33.2 Å². The average molecular weight is 245 g/mol. The van der Waals surface area contributed by atoms with Gasteiger partial charge < -0.3 is 5.73 Å². The van der Waals surface area contributed by atoms with Crippen LogP contribution in [0, 0.1) is 17.2 Å². The van der Waals surface area contributed by atoms with Crippen LogP contribution in [-0.4, -0.2) is 18.0 Å². The first-order valence-electron chi connectivity index (χ1n) is 6.51. The molecule has 18 heavy (non-hydrogen) atoms. The van der Waals surface area contributed by atoms with Gasteiger partial charge in [0.1, 0.15) is 0 Å². The monoisotopic (exact) mass is 245 g/mol. The molecule has 1 aromatic carbocycles. The lowest BCUT2D eigenvalue weighted by Gasteiger charge is -2.30. The highest BCUT2D eigenvalue weighted by atomic mass is 15.1. The Labute approximate surface area is 110 Å². The fourth-order valence-corrected chi connectivity index (χ4v) is 2.09. The number of anilines is 1. The molecular weight excluding hydrogens is 222 g/mol. The van der Waals surface area contributed by atoms with Crippen LogP contribution in [0.2, 0.25) is 0 Å². The second kappa shape index (κ2) is 7.03. The van der Waals surface area contributed by atoms with E-state index >= 15 is 0 Å². The maximum absolute atomic E-state index is 8.74. The molecule has 3 nitrogen and oxygen atoms in total. The van der Waals surface area contributed by atoms with E-state index in [9.17, 15) is 0 Å². The standard InChI is InChI=1S/C15H23N3/c1-12(2)11-18(10-4-9-16)13(3)14-5-7-15(17)8-6-14/h5-8,12-13H,4,10-11,17H2,1-3H3. The van der Waals surface area contributed by atoms with Gasteiger partial charge in [-0.15, -0.1) is 0 Å². The van der Waals surface area contributed by atoms with Crippen molar-refractivity contribution in [2.75, 3.05) is 18.8 Å². The van der Waals surface area contributed by atoms with Crippen molar-refractivity contribution in [3.63, 3.8) is 0 Å². The zero-order chi connectivity index (χ0) is 13.5. The third-order valence-electron chi connectivity index (χ3n) is 3.08. The number of benzene rings is 1. The molecule has 1 rings (SSSR count). The average Bonchev–Trinajstić information content (AvgIpc) is 2.34. The summed E-state index contributed by atoms with van der Waals surface area (Å²) in [5.74, 6) is 0.597. The second-order valence-electron chi connectivity index (χ2n) is 5.14. The molecule has 3 heteroatoms. The van der Waals surface area contributed by atoms with Crippen LogP contribution in [0.5, 0.6) is 0 Å². The van der Waals surface area contributed by atoms with Gasteiger partial charge in [-0.05, 0) is 30.5 Å². The smallest absolute Gasteiger partial charge is 0.0635 e. The van der Waals surface area contributed by atoms with E-state index in [2.05, 4.69) is 43.9 Å². The molecule has 0 bridgehead atoms. The molecule has 1 atom stereocenters. The highest BCUT2D eigenvalue weighted by Gasteiger charge is 2.16. The SMILES string of the molecule is CC(C)CN(CCC#N)C(C)c1ccc(N)cc1. The van der Waals surface area contributed by atoms with Gasteiger partial charge in [-0.25, -0.2) is 0 Å². The topological polar surface area (TPSA) is 53.0 Å². The summed E-state index contributed by atoms with van der Waals surface area (Å²) in [4.78, 5) is 2.36. The number of nitrogens with zero attached hydrogens (tertiary/aromatic N) is 2.